The van der Waals surface area contributed by atoms with Gasteiger partial charge >= 0.3 is 12.3 Å². The number of carbonyl (C=O) groups is 2. The first-order chi connectivity index (χ1) is 9.49. The van der Waals surface area contributed by atoms with Crippen molar-refractivity contribution in [1.82, 2.24) is 10.3 Å². The monoisotopic (exact) mass is 304 g/mol. The van der Waals surface area contributed by atoms with E-state index in [1.54, 1.807) is 20.8 Å². The van der Waals surface area contributed by atoms with Crippen molar-refractivity contribution < 1.29 is 27.5 Å². The molecule has 1 aromatic heterocycles. The van der Waals surface area contributed by atoms with Crippen LogP contribution < -0.4 is 5.32 Å². The molecular formula is C13H15F3N2O3. The fourth-order valence-electron chi connectivity index (χ4n) is 1.30. The van der Waals surface area contributed by atoms with Crippen LogP contribution in [0.15, 0.2) is 18.3 Å². The third-order valence-corrected chi connectivity index (χ3v) is 2.17. The molecule has 21 heavy (non-hydrogen) atoms. The van der Waals surface area contributed by atoms with Gasteiger partial charge in [0.05, 0.1) is 6.54 Å². The average Bonchev–Trinajstić information content (AvgIpc) is 2.33. The van der Waals surface area contributed by atoms with E-state index in [4.69, 9.17) is 4.74 Å². The second-order valence-electron chi connectivity index (χ2n) is 5.21. The Hall–Kier alpha value is -2.12. The van der Waals surface area contributed by atoms with Crippen LogP contribution in [-0.2, 0) is 10.9 Å². The summed E-state index contributed by atoms with van der Waals surface area (Å²) < 4.78 is 41.9. The normalized spacial score (nSPS) is 11.9. The Morgan fingerprint density at radius 2 is 1.86 bits per heavy atom. The number of rotatable bonds is 3. The lowest BCUT2D eigenvalue weighted by Gasteiger charge is -2.19. The molecule has 0 aromatic carbocycles. The van der Waals surface area contributed by atoms with Crippen molar-refractivity contribution in [2.75, 3.05) is 6.54 Å². The van der Waals surface area contributed by atoms with Crippen molar-refractivity contribution >= 4 is 11.9 Å². The Morgan fingerprint density at radius 3 is 2.29 bits per heavy atom. The molecule has 0 aliphatic heterocycles. The Balaban J connectivity index is 2.59. The molecule has 8 heteroatoms. The summed E-state index contributed by atoms with van der Waals surface area (Å²) in [6.07, 6.45) is -4.52. The largest absolute Gasteiger partial charge is 0.444 e. The van der Waals surface area contributed by atoms with Gasteiger partial charge in [0.2, 0.25) is 0 Å². The first kappa shape index (κ1) is 16.9. The third kappa shape index (κ3) is 5.80. The molecule has 0 saturated carbocycles. The quantitative estimate of drug-likeness (QED) is 0.872. The van der Waals surface area contributed by atoms with Crippen LogP contribution in [0.5, 0.6) is 0 Å². The molecule has 0 spiro atoms. The summed E-state index contributed by atoms with van der Waals surface area (Å²) in [6.45, 7) is 4.60. The number of carbonyl (C=O) groups excluding carboxylic acids is 2. The number of ketones is 1. The standard InChI is InChI=1S/C13H15F3N2O3/c1-12(2,3)21-11(20)18-7-9(19)8-4-5-10(17-6-8)13(14,15)16/h4-6H,7H2,1-3H3,(H,18,20). The second-order valence-corrected chi connectivity index (χ2v) is 5.21. The van der Waals surface area contributed by atoms with Crippen LogP contribution in [0.2, 0.25) is 0 Å². The van der Waals surface area contributed by atoms with Crippen molar-refractivity contribution in [3.05, 3.63) is 29.6 Å². The van der Waals surface area contributed by atoms with E-state index in [1.807, 2.05) is 0 Å². The topological polar surface area (TPSA) is 68.3 Å². The second kappa shape index (κ2) is 6.11. The van der Waals surface area contributed by atoms with E-state index >= 15 is 0 Å². The van der Waals surface area contributed by atoms with E-state index in [9.17, 15) is 22.8 Å². The molecular weight excluding hydrogens is 289 g/mol. The van der Waals surface area contributed by atoms with E-state index in [0.29, 0.717) is 6.07 Å². The highest BCUT2D eigenvalue weighted by Crippen LogP contribution is 2.27. The Morgan fingerprint density at radius 1 is 1.24 bits per heavy atom. The van der Waals surface area contributed by atoms with Crippen molar-refractivity contribution in [2.45, 2.75) is 32.5 Å². The highest BCUT2D eigenvalue weighted by molar-refractivity contribution is 5.98. The zero-order valence-corrected chi connectivity index (χ0v) is 11.7. The number of alkyl halides is 3. The number of nitrogens with one attached hydrogen (secondary N) is 1. The molecule has 0 radical (unpaired) electrons. The van der Waals surface area contributed by atoms with E-state index < -0.39 is 29.3 Å². The highest BCUT2D eigenvalue weighted by Gasteiger charge is 2.32. The van der Waals surface area contributed by atoms with Gasteiger partial charge in [0.15, 0.2) is 5.78 Å². The maximum Gasteiger partial charge on any atom is 0.433 e. The van der Waals surface area contributed by atoms with Gasteiger partial charge in [0.25, 0.3) is 0 Å². The lowest BCUT2D eigenvalue weighted by atomic mass is 10.2. The van der Waals surface area contributed by atoms with Crippen molar-refractivity contribution in [3.63, 3.8) is 0 Å². The highest BCUT2D eigenvalue weighted by atomic mass is 19.4. The summed E-state index contributed by atoms with van der Waals surface area (Å²) in [5, 5.41) is 2.22. The molecule has 0 saturated heterocycles. The summed E-state index contributed by atoms with van der Waals surface area (Å²) in [7, 11) is 0. The van der Waals surface area contributed by atoms with Gasteiger partial charge in [-0.1, -0.05) is 0 Å². The van der Waals surface area contributed by atoms with Crippen LogP contribution in [0, 0.1) is 0 Å². The Bertz CT molecular complexity index is 519. The molecule has 1 heterocycles. The fraction of sp³-hybridized carbons (Fsp3) is 0.462. The minimum absolute atomic E-state index is 0.0286. The van der Waals surface area contributed by atoms with Gasteiger partial charge in [0.1, 0.15) is 11.3 Å². The number of alkyl carbamates (subject to hydrolysis) is 1. The van der Waals surface area contributed by atoms with E-state index in [0.717, 1.165) is 12.3 Å². The van der Waals surface area contributed by atoms with Crippen molar-refractivity contribution in [2.24, 2.45) is 0 Å². The minimum atomic E-state index is -4.56. The Kier molecular flexibility index (Phi) is 4.93. The van der Waals surface area contributed by atoms with E-state index in [-0.39, 0.29) is 12.1 Å². The number of aromatic nitrogens is 1. The summed E-state index contributed by atoms with van der Waals surface area (Å²) in [5.74, 6) is -0.568. The minimum Gasteiger partial charge on any atom is -0.444 e. The summed E-state index contributed by atoms with van der Waals surface area (Å²) in [4.78, 5) is 26.2. The number of amides is 1. The number of halogens is 3. The first-order valence-corrected chi connectivity index (χ1v) is 6.02. The van der Waals surface area contributed by atoms with Crippen LogP contribution in [0.25, 0.3) is 0 Å². The lowest BCUT2D eigenvalue weighted by molar-refractivity contribution is -0.141. The molecule has 0 bridgehead atoms. The maximum absolute atomic E-state index is 12.3. The van der Waals surface area contributed by atoms with Crippen LogP contribution in [0.1, 0.15) is 36.8 Å². The number of nitrogens with zero attached hydrogens (tertiary/aromatic N) is 1. The molecule has 1 rings (SSSR count). The molecule has 0 aliphatic carbocycles. The lowest BCUT2D eigenvalue weighted by Crippen LogP contribution is -2.35. The number of hydrogen-bond acceptors (Lipinski definition) is 4. The molecule has 0 atom stereocenters. The molecule has 1 aromatic rings. The zero-order valence-electron chi connectivity index (χ0n) is 11.7. The summed E-state index contributed by atoms with van der Waals surface area (Å²) in [6, 6.07) is 1.72. The fourth-order valence-corrected chi connectivity index (χ4v) is 1.30. The number of pyridine rings is 1. The average molecular weight is 304 g/mol. The van der Waals surface area contributed by atoms with Gasteiger partial charge in [-0.3, -0.25) is 9.78 Å². The summed E-state index contributed by atoms with van der Waals surface area (Å²) >= 11 is 0. The van der Waals surface area contributed by atoms with Crippen LogP contribution >= 0.6 is 0 Å². The van der Waals surface area contributed by atoms with Crippen LogP contribution in [0.4, 0.5) is 18.0 Å². The SMILES string of the molecule is CC(C)(C)OC(=O)NCC(=O)c1ccc(C(F)(F)F)nc1. The van der Waals surface area contributed by atoms with Gasteiger partial charge in [-0.2, -0.15) is 13.2 Å². The number of Topliss-reactive ketones (excluding diaryl/α,β-unsaturated/α-hetero) is 1. The van der Waals surface area contributed by atoms with Crippen molar-refractivity contribution in [1.29, 1.82) is 0 Å². The predicted octanol–water partition coefficient (Wildman–Crippen LogP) is 2.81. The molecule has 1 N–H and O–H groups in total. The van der Waals surface area contributed by atoms with Gasteiger partial charge in [-0.05, 0) is 32.9 Å². The van der Waals surface area contributed by atoms with Gasteiger partial charge < -0.3 is 10.1 Å². The molecule has 1 amide bonds. The van der Waals surface area contributed by atoms with Gasteiger partial charge in [0, 0.05) is 11.8 Å². The number of hydrogen-bond donors (Lipinski definition) is 1. The first-order valence-electron chi connectivity index (χ1n) is 6.02. The predicted molar refractivity (Wildman–Crippen MR) is 67.8 cm³/mol. The Labute approximate surface area is 119 Å². The molecule has 116 valence electrons. The van der Waals surface area contributed by atoms with E-state index in [2.05, 4.69) is 10.3 Å². The maximum atomic E-state index is 12.3. The van der Waals surface area contributed by atoms with Crippen molar-refractivity contribution in [3.8, 4) is 0 Å². The van der Waals surface area contributed by atoms with Gasteiger partial charge in [-0.15, -0.1) is 0 Å². The third-order valence-electron chi connectivity index (χ3n) is 2.17. The zero-order chi connectivity index (χ0) is 16.3. The molecule has 0 fully saturated rings. The van der Waals surface area contributed by atoms with Crippen LogP contribution in [0.3, 0.4) is 0 Å². The van der Waals surface area contributed by atoms with Crippen LogP contribution in [-0.4, -0.2) is 29.0 Å². The smallest absolute Gasteiger partial charge is 0.433 e. The molecule has 0 unspecified atom stereocenters. The van der Waals surface area contributed by atoms with Gasteiger partial charge in [-0.25, -0.2) is 4.79 Å². The molecule has 5 nitrogen and oxygen atoms in total. The number of ether oxygens (including phenoxy) is 1. The molecule has 0 aliphatic rings. The van der Waals surface area contributed by atoms with E-state index in [1.165, 1.54) is 0 Å². The summed E-state index contributed by atoms with van der Waals surface area (Å²) in [5.41, 5.74) is -1.82.